The Bertz CT molecular complexity index is 747. The van der Waals surface area contributed by atoms with Gasteiger partial charge >= 0.3 is 0 Å². The van der Waals surface area contributed by atoms with Crippen molar-refractivity contribution in [2.75, 3.05) is 0 Å². The summed E-state index contributed by atoms with van der Waals surface area (Å²) in [6.07, 6.45) is 57.5. The Morgan fingerprint density at radius 1 is 0.172 bits per heavy atom. The Morgan fingerprint density at radius 3 is 0.483 bits per heavy atom. The molecule has 146 valence electrons. The van der Waals surface area contributed by atoms with Crippen LogP contribution in [-0.2, 0) is 0 Å². The molecule has 1 aliphatic rings. The van der Waals surface area contributed by atoms with Gasteiger partial charge in [0.2, 0.25) is 0 Å². The van der Waals surface area contributed by atoms with Gasteiger partial charge in [0, 0.05) is 0 Å². The minimum absolute atomic E-state index is 0.920. The Labute approximate surface area is 176 Å². The van der Waals surface area contributed by atoms with Gasteiger partial charge in [-0.1, -0.05) is 170 Å². The zero-order valence-electron chi connectivity index (χ0n) is 16.9. The third kappa shape index (κ3) is 18.9. The Morgan fingerprint density at radius 2 is 0.310 bits per heavy atom. The van der Waals surface area contributed by atoms with Crippen LogP contribution in [0.25, 0.3) is 0 Å². The van der Waals surface area contributed by atoms with E-state index < -0.39 is 0 Å². The molecule has 0 saturated heterocycles. The molecule has 0 saturated carbocycles. The summed E-state index contributed by atoms with van der Waals surface area (Å²) in [6, 6.07) is 0. The van der Waals surface area contributed by atoms with Crippen LogP contribution in [0.1, 0.15) is 6.42 Å². The van der Waals surface area contributed by atoms with E-state index in [1.807, 2.05) is 146 Å². The lowest BCUT2D eigenvalue weighted by Crippen LogP contribution is -1.58. The topological polar surface area (TPSA) is 0 Å². The summed E-state index contributed by atoms with van der Waals surface area (Å²) in [7, 11) is 0. The molecule has 0 aromatic rings. The van der Waals surface area contributed by atoms with Crippen molar-refractivity contribution < 1.29 is 0 Å². The van der Waals surface area contributed by atoms with Gasteiger partial charge in [-0.3, -0.25) is 0 Å². The molecule has 0 amide bonds. The zero-order valence-corrected chi connectivity index (χ0v) is 16.9. The summed E-state index contributed by atoms with van der Waals surface area (Å²) in [5.41, 5.74) is 0. The molecule has 0 fully saturated rings. The van der Waals surface area contributed by atoms with E-state index in [4.69, 9.17) is 0 Å². The number of rotatable bonds is 0. The molecule has 0 aliphatic heterocycles. The maximum absolute atomic E-state index is 2.12. The van der Waals surface area contributed by atoms with Crippen LogP contribution in [0, 0.1) is 0 Å². The summed E-state index contributed by atoms with van der Waals surface area (Å²) < 4.78 is 0. The fourth-order valence-electron chi connectivity index (χ4n) is 1.93. The molecule has 0 heterocycles. The van der Waals surface area contributed by atoms with Gasteiger partial charge < -0.3 is 0 Å². The van der Waals surface area contributed by atoms with Crippen molar-refractivity contribution in [3.63, 3.8) is 0 Å². The van der Waals surface area contributed by atoms with Gasteiger partial charge in [-0.25, -0.2) is 0 Å². The van der Waals surface area contributed by atoms with Crippen LogP contribution in [0.5, 0.6) is 0 Å². The maximum Gasteiger partial charge on any atom is -0.0163 e. The average molecular weight is 379 g/mol. The standard InChI is InChI=1S/C29H30/c1-2-4-6-8-10-12-14-16-18-20-22-24-26-28-29-27-25-23-21-19-17-15-13-11-9-7-5-3-1/h1-28H,29H2/b3-1+,4-2+,7-5+,8-6+,11-9-,12-10+,15-13+,16-14-,19-17-,20-18+,23-21-,24-22+,27-25?,28-26+. The first kappa shape index (κ1) is 23.4. The molecule has 0 radical (unpaired) electrons. The van der Waals surface area contributed by atoms with Crippen molar-refractivity contribution in [1.82, 2.24) is 0 Å². The van der Waals surface area contributed by atoms with E-state index in [1.54, 1.807) is 0 Å². The number of allylic oxidation sites excluding steroid dienone is 28. The molecule has 0 N–H and O–H groups in total. The number of hydrogen-bond acceptors (Lipinski definition) is 0. The summed E-state index contributed by atoms with van der Waals surface area (Å²) >= 11 is 0. The first-order valence-corrected chi connectivity index (χ1v) is 9.82. The molecule has 29 heavy (non-hydrogen) atoms. The molecular weight excluding hydrogens is 348 g/mol. The molecule has 1 aliphatic carbocycles. The second-order valence-electron chi connectivity index (χ2n) is 5.71. The predicted octanol–water partition coefficient (Wildman–Crippen LogP) is 8.18. The molecule has 0 unspecified atom stereocenters. The van der Waals surface area contributed by atoms with Crippen LogP contribution < -0.4 is 0 Å². The minimum Gasteiger partial charge on any atom is -0.0807 e. The van der Waals surface area contributed by atoms with Crippen molar-refractivity contribution in [3.8, 4) is 0 Å². The Hall–Kier alpha value is -3.64. The maximum atomic E-state index is 2.12. The highest BCUT2D eigenvalue weighted by atomic mass is 13.8. The lowest BCUT2D eigenvalue weighted by atomic mass is 10.3. The largest absolute Gasteiger partial charge is 0.0807 e. The zero-order chi connectivity index (χ0) is 20.5. The van der Waals surface area contributed by atoms with E-state index in [-0.39, 0.29) is 0 Å². The van der Waals surface area contributed by atoms with Crippen molar-refractivity contribution >= 4 is 0 Å². The van der Waals surface area contributed by atoms with Gasteiger partial charge in [0.1, 0.15) is 0 Å². The minimum atomic E-state index is 0.920. The lowest BCUT2D eigenvalue weighted by Gasteiger charge is -1.79. The second kappa shape index (κ2) is 20.7. The van der Waals surface area contributed by atoms with Gasteiger partial charge in [0.15, 0.2) is 0 Å². The van der Waals surface area contributed by atoms with E-state index in [0.717, 1.165) is 6.42 Å². The van der Waals surface area contributed by atoms with Gasteiger partial charge in [-0.2, -0.15) is 0 Å². The molecule has 0 spiro atoms. The molecule has 0 bridgehead atoms. The third-order valence-corrected chi connectivity index (χ3v) is 3.32. The number of hydrogen-bond donors (Lipinski definition) is 0. The monoisotopic (exact) mass is 378 g/mol. The highest BCUT2D eigenvalue weighted by Gasteiger charge is 1.69. The molecule has 0 aromatic carbocycles. The van der Waals surface area contributed by atoms with Crippen molar-refractivity contribution in [1.29, 1.82) is 0 Å². The van der Waals surface area contributed by atoms with Gasteiger partial charge in [-0.15, -0.1) is 0 Å². The predicted molar refractivity (Wildman–Crippen MR) is 133 cm³/mol. The van der Waals surface area contributed by atoms with Gasteiger partial charge in [0.25, 0.3) is 0 Å². The van der Waals surface area contributed by atoms with Crippen molar-refractivity contribution in [3.05, 3.63) is 170 Å². The Kier molecular flexibility index (Phi) is 16.7. The first-order valence-electron chi connectivity index (χ1n) is 9.82. The fraction of sp³-hybridized carbons (Fsp3) is 0.0345. The SMILES string of the molecule is C1=CC/C=C/C=C/C=C/C=C\C=C\C=C\C=C\C=C\C=C\C=C/C=C/C=C\C=C/1. The highest BCUT2D eigenvalue weighted by Crippen LogP contribution is 1.91. The van der Waals surface area contributed by atoms with Crippen LogP contribution >= 0.6 is 0 Å². The van der Waals surface area contributed by atoms with Crippen LogP contribution in [0.3, 0.4) is 0 Å². The van der Waals surface area contributed by atoms with Crippen LogP contribution in [-0.4, -0.2) is 0 Å². The smallest absolute Gasteiger partial charge is 0.0163 e. The fourth-order valence-corrected chi connectivity index (χ4v) is 1.93. The average Bonchev–Trinajstić information content (AvgIpc) is 2.73. The van der Waals surface area contributed by atoms with Crippen LogP contribution in [0.2, 0.25) is 0 Å². The molecule has 1 rings (SSSR count). The van der Waals surface area contributed by atoms with E-state index in [2.05, 4.69) is 24.3 Å². The van der Waals surface area contributed by atoms with E-state index in [9.17, 15) is 0 Å². The normalized spacial score (nSPS) is 30.6. The summed E-state index contributed by atoms with van der Waals surface area (Å²) in [4.78, 5) is 0. The van der Waals surface area contributed by atoms with Gasteiger partial charge in [0.05, 0.1) is 0 Å². The quantitative estimate of drug-likeness (QED) is 0.398. The lowest BCUT2D eigenvalue weighted by molar-refractivity contribution is 1.39. The highest BCUT2D eigenvalue weighted by molar-refractivity contribution is 5.24. The second-order valence-corrected chi connectivity index (χ2v) is 5.71. The van der Waals surface area contributed by atoms with Gasteiger partial charge in [-0.05, 0) is 6.42 Å². The Balaban J connectivity index is 2.64. The summed E-state index contributed by atoms with van der Waals surface area (Å²) in [5.74, 6) is 0. The third-order valence-electron chi connectivity index (χ3n) is 3.32. The van der Waals surface area contributed by atoms with E-state index in [1.165, 1.54) is 0 Å². The summed E-state index contributed by atoms with van der Waals surface area (Å²) in [5, 5.41) is 0. The molecule has 0 heteroatoms. The molecule has 0 nitrogen and oxygen atoms in total. The van der Waals surface area contributed by atoms with Crippen LogP contribution in [0.4, 0.5) is 0 Å². The molecule has 0 atom stereocenters. The summed E-state index contributed by atoms with van der Waals surface area (Å²) in [6.45, 7) is 0. The first-order chi connectivity index (χ1) is 14.5. The van der Waals surface area contributed by atoms with Crippen molar-refractivity contribution in [2.45, 2.75) is 6.42 Å². The molecular formula is C29H30. The van der Waals surface area contributed by atoms with Crippen LogP contribution in [0.15, 0.2) is 170 Å². The van der Waals surface area contributed by atoms with E-state index >= 15 is 0 Å². The van der Waals surface area contributed by atoms with Crippen molar-refractivity contribution in [2.24, 2.45) is 0 Å². The molecule has 0 aromatic heterocycles. The van der Waals surface area contributed by atoms with E-state index in [0.29, 0.717) is 0 Å².